The average Bonchev–Trinajstić information content (AvgIpc) is 2.51. The summed E-state index contributed by atoms with van der Waals surface area (Å²) in [5.41, 5.74) is 2.79. The SMILES string of the molecule is Cc1ccc(Br)cc1N1CCNC(C2CCCCC2)C1. The first kappa shape index (κ1) is 14.4. The zero-order valence-electron chi connectivity index (χ0n) is 12.4. The maximum atomic E-state index is 3.77. The largest absolute Gasteiger partial charge is 0.368 e. The summed E-state index contributed by atoms with van der Waals surface area (Å²) < 4.78 is 1.19. The molecule has 0 aromatic heterocycles. The Kier molecular flexibility index (Phi) is 4.67. The molecule has 3 heteroatoms. The molecule has 1 aromatic carbocycles. The van der Waals surface area contributed by atoms with Crippen LogP contribution in [0.3, 0.4) is 0 Å². The van der Waals surface area contributed by atoms with Crippen LogP contribution in [0.4, 0.5) is 5.69 Å². The normalized spacial score (nSPS) is 24.9. The molecule has 3 rings (SSSR count). The van der Waals surface area contributed by atoms with Crippen molar-refractivity contribution in [3.05, 3.63) is 28.2 Å². The predicted octanol–water partition coefficient (Wildman–Crippen LogP) is 4.12. The molecule has 1 aliphatic carbocycles. The number of nitrogens with one attached hydrogen (secondary N) is 1. The summed E-state index contributed by atoms with van der Waals surface area (Å²) in [6.07, 6.45) is 7.14. The Hall–Kier alpha value is -0.540. The van der Waals surface area contributed by atoms with E-state index in [1.165, 1.54) is 54.4 Å². The topological polar surface area (TPSA) is 15.3 Å². The molecular formula is C17H25BrN2. The fourth-order valence-electron chi connectivity index (χ4n) is 3.77. The van der Waals surface area contributed by atoms with Crippen LogP contribution in [0.25, 0.3) is 0 Å². The van der Waals surface area contributed by atoms with E-state index in [9.17, 15) is 0 Å². The van der Waals surface area contributed by atoms with Gasteiger partial charge in [0.15, 0.2) is 0 Å². The Labute approximate surface area is 131 Å². The van der Waals surface area contributed by atoms with Crippen LogP contribution in [0.2, 0.25) is 0 Å². The van der Waals surface area contributed by atoms with Gasteiger partial charge in [0, 0.05) is 35.8 Å². The molecule has 1 unspecified atom stereocenters. The molecule has 0 amide bonds. The smallest absolute Gasteiger partial charge is 0.0408 e. The van der Waals surface area contributed by atoms with Gasteiger partial charge in [-0.3, -0.25) is 0 Å². The van der Waals surface area contributed by atoms with Gasteiger partial charge in [0.25, 0.3) is 0 Å². The summed E-state index contributed by atoms with van der Waals surface area (Å²) in [5, 5.41) is 3.77. The van der Waals surface area contributed by atoms with Crippen molar-refractivity contribution < 1.29 is 0 Å². The number of hydrogen-bond donors (Lipinski definition) is 1. The maximum absolute atomic E-state index is 3.77. The van der Waals surface area contributed by atoms with Crippen molar-refractivity contribution in [3.8, 4) is 0 Å². The van der Waals surface area contributed by atoms with E-state index in [-0.39, 0.29) is 0 Å². The molecule has 20 heavy (non-hydrogen) atoms. The summed E-state index contributed by atoms with van der Waals surface area (Å²) in [6, 6.07) is 7.32. The first-order chi connectivity index (χ1) is 9.74. The molecule has 110 valence electrons. The first-order valence-electron chi connectivity index (χ1n) is 7.98. The lowest BCUT2D eigenvalue weighted by Gasteiger charge is -2.40. The van der Waals surface area contributed by atoms with E-state index in [1.54, 1.807) is 0 Å². The lowest BCUT2D eigenvalue weighted by atomic mass is 9.83. The van der Waals surface area contributed by atoms with Gasteiger partial charge in [0.2, 0.25) is 0 Å². The van der Waals surface area contributed by atoms with E-state index in [0.29, 0.717) is 6.04 Å². The van der Waals surface area contributed by atoms with Gasteiger partial charge in [-0.25, -0.2) is 0 Å². The number of aryl methyl sites for hydroxylation is 1. The fourth-order valence-corrected chi connectivity index (χ4v) is 4.12. The number of nitrogens with zero attached hydrogens (tertiary/aromatic N) is 1. The van der Waals surface area contributed by atoms with E-state index in [2.05, 4.69) is 51.3 Å². The molecule has 1 atom stereocenters. The van der Waals surface area contributed by atoms with E-state index >= 15 is 0 Å². The van der Waals surface area contributed by atoms with Crippen LogP contribution in [0.5, 0.6) is 0 Å². The average molecular weight is 337 g/mol. The monoisotopic (exact) mass is 336 g/mol. The van der Waals surface area contributed by atoms with Gasteiger partial charge in [-0.05, 0) is 43.4 Å². The van der Waals surface area contributed by atoms with Crippen molar-refractivity contribution in [2.75, 3.05) is 24.5 Å². The number of piperazine rings is 1. The summed E-state index contributed by atoms with van der Waals surface area (Å²) in [7, 11) is 0. The molecule has 1 N–H and O–H groups in total. The maximum Gasteiger partial charge on any atom is 0.0408 e. The first-order valence-corrected chi connectivity index (χ1v) is 8.78. The minimum Gasteiger partial charge on any atom is -0.368 e. The molecule has 0 radical (unpaired) electrons. The number of rotatable bonds is 2. The Morgan fingerprint density at radius 2 is 2.00 bits per heavy atom. The van der Waals surface area contributed by atoms with Crippen molar-refractivity contribution in [3.63, 3.8) is 0 Å². The van der Waals surface area contributed by atoms with Crippen LogP contribution >= 0.6 is 15.9 Å². The van der Waals surface area contributed by atoms with Crippen molar-refractivity contribution in [1.82, 2.24) is 5.32 Å². The highest BCUT2D eigenvalue weighted by Gasteiger charge is 2.28. The highest BCUT2D eigenvalue weighted by atomic mass is 79.9. The van der Waals surface area contributed by atoms with Gasteiger partial charge in [-0.1, -0.05) is 41.3 Å². The lowest BCUT2D eigenvalue weighted by Crippen LogP contribution is -2.54. The van der Waals surface area contributed by atoms with Gasteiger partial charge in [0.1, 0.15) is 0 Å². The molecule has 0 spiro atoms. The molecule has 2 fully saturated rings. The van der Waals surface area contributed by atoms with Crippen molar-refractivity contribution in [2.45, 2.75) is 45.1 Å². The van der Waals surface area contributed by atoms with Crippen LogP contribution < -0.4 is 10.2 Å². The van der Waals surface area contributed by atoms with Crippen molar-refractivity contribution in [1.29, 1.82) is 0 Å². The fraction of sp³-hybridized carbons (Fsp3) is 0.647. The summed E-state index contributed by atoms with van der Waals surface area (Å²) in [4.78, 5) is 2.58. The van der Waals surface area contributed by atoms with E-state index in [0.717, 1.165) is 19.0 Å². The minimum absolute atomic E-state index is 0.683. The van der Waals surface area contributed by atoms with E-state index in [1.807, 2.05) is 0 Å². The highest BCUT2D eigenvalue weighted by Crippen LogP contribution is 2.30. The number of anilines is 1. The molecule has 1 heterocycles. The Morgan fingerprint density at radius 3 is 2.80 bits per heavy atom. The Balaban J connectivity index is 1.72. The van der Waals surface area contributed by atoms with E-state index < -0.39 is 0 Å². The zero-order chi connectivity index (χ0) is 13.9. The van der Waals surface area contributed by atoms with Crippen LogP contribution in [-0.2, 0) is 0 Å². The van der Waals surface area contributed by atoms with Crippen molar-refractivity contribution in [2.24, 2.45) is 5.92 Å². The van der Waals surface area contributed by atoms with E-state index in [4.69, 9.17) is 0 Å². The molecule has 1 aromatic rings. The quantitative estimate of drug-likeness (QED) is 0.873. The molecule has 2 aliphatic rings. The number of hydrogen-bond acceptors (Lipinski definition) is 2. The highest BCUT2D eigenvalue weighted by molar-refractivity contribution is 9.10. The molecule has 1 saturated carbocycles. The predicted molar refractivity (Wildman–Crippen MR) is 89.5 cm³/mol. The molecule has 1 saturated heterocycles. The minimum atomic E-state index is 0.683. The zero-order valence-corrected chi connectivity index (χ0v) is 14.0. The Bertz CT molecular complexity index is 454. The number of benzene rings is 1. The summed E-state index contributed by atoms with van der Waals surface area (Å²) in [5.74, 6) is 0.888. The summed E-state index contributed by atoms with van der Waals surface area (Å²) in [6.45, 7) is 5.63. The third-order valence-electron chi connectivity index (χ3n) is 4.94. The molecule has 2 nitrogen and oxygen atoms in total. The van der Waals surface area contributed by atoms with Gasteiger partial charge < -0.3 is 10.2 Å². The third kappa shape index (κ3) is 3.20. The van der Waals surface area contributed by atoms with Gasteiger partial charge in [-0.2, -0.15) is 0 Å². The third-order valence-corrected chi connectivity index (χ3v) is 5.43. The summed E-state index contributed by atoms with van der Waals surface area (Å²) >= 11 is 3.61. The number of halogens is 1. The second-order valence-corrected chi connectivity index (χ2v) is 7.25. The molecule has 0 bridgehead atoms. The van der Waals surface area contributed by atoms with Crippen LogP contribution in [0.1, 0.15) is 37.7 Å². The molecular weight excluding hydrogens is 312 g/mol. The molecule has 1 aliphatic heterocycles. The van der Waals surface area contributed by atoms with Crippen LogP contribution in [0.15, 0.2) is 22.7 Å². The van der Waals surface area contributed by atoms with Gasteiger partial charge >= 0.3 is 0 Å². The second-order valence-electron chi connectivity index (χ2n) is 6.34. The Morgan fingerprint density at radius 1 is 1.20 bits per heavy atom. The standard InChI is InChI=1S/C17H25BrN2/c1-13-7-8-15(18)11-17(13)20-10-9-19-16(12-20)14-5-3-2-4-6-14/h7-8,11,14,16,19H,2-6,9-10,12H2,1H3. The van der Waals surface area contributed by atoms with Gasteiger partial charge in [0.05, 0.1) is 0 Å². The second kappa shape index (κ2) is 6.48. The van der Waals surface area contributed by atoms with Crippen LogP contribution in [0, 0.1) is 12.8 Å². The van der Waals surface area contributed by atoms with Crippen molar-refractivity contribution >= 4 is 21.6 Å². The van der Waals surface area contributed by atoms with Gasteiger partial charge in [-0.15, -0.1) is 0 Å². The van der Waals surface area contributed by atoms with Crippen LogP contribution in [-0.4, -0.2) is 25.7 Å². The lowest BCUT2D eigenvalue weighted by molar-refractivity contribution is 0.257.